The first-order valence-electron chi connectivity index (χ1n) is 8.03. The summed E-state index contributed by atoms with van der Waals surface area (Å²) >= 11 is 0. The molecule has 3 nitrogen and oxygen atoms in total. The summed E-state index contributed by atoms with van der Waals surface area (Å²) in [5.41, 5.74) is 11.7. The molecule has 1 aromatic rings. The van der Waals surface area contributed by atoms with Gasteiger partial charge in [0.1, 0.15) is 0 Å². The van der Waals surface area contributed by atoms with Crippen molar-refractivity contribution in [1.29, 1.82) is 0 Å². The third-order valence-electron chi connectivity index (χ3n) is 5.17. The van der Waals surface area contributed by atoms with Crippen LogP contribution in [-0.2, 0) is 0 Å². The zero-order valence-electron chi connectivity index (χ0n) is 14.5. The number of hydrogen-bond donors (Lipinski definition) is 1. The van der Waals surface area contributed by atoms with E-state index in [2.05, 4.69) is 63.7 Å². The van der Waals surface area contributed by atoms with Crippen LogP contribution in [0.5, 0.6) is 0 Å². The van der Waals surface area contributed by atoms with Gasteiger partial charge >= 0.3 is 0 Å². The van der Waals surface area contributed by atoms with Crippen LogP contribution >= 0.6 is 0 Å². The molecule has 3 heteroatoms. The van der Waals surface area contributed by atoms with E-state index in [4.69, 9.17) is 5.73 Å². The first-order valence-corrected chi connectivity index (χ1v) is 8.03. The van der Waals surface area contributed by atoms with Crippen LogP contribution in [0.3, 0.4) is 0 Å². The maximum atomic E-state index is 6.15. The minimum atomic E-state index is 0.344. The van der Waals surface area contributed by atoms with E-state index in [1.807, 2.05) is 0 Å². The van der Waals surface area contributed by atoms with Crippen LogP contribution in [0, 0.1) is 26.7 Å². The smallest absolute Gasteiger partial charge is 0.0473 e. The van der Waals surface area contributed by atoms with Crippen molar-refractivity contribution in [2.24, 2.45) is 11.7 Å². The van der Waals surface area contributed by atoms with Crippen LogP contribution < -0.4 is 5.73 Å². The van der Waals surface area contributed by atoms with Gasteiger partial charge < -0.3 is 10.6 Å². The average molecular weight is 289 g/mol. The first-order chi connectivity index (χ1) is 9.85. The zero-order valence-corrected chi connectivity index (χ0v) is 14.5. The van der Waals surface area contributed by atoms with Crippen LogP contribution in [0.15, 0.2) is 12.1 Å². The van der Waals surface area contributed by atoms with Gasteiger partial charge in [0.2, 0.25) is 0 Å². The van der Waals surface area contributed by atoms with E-state index in [0.717, 1.165) is 13.1 Å². The Morgan fingerprint density at radius 3 is 2.29 bits per heavy atom. The van der Waals surface area contributed by atoms with Gasteiger partial charge in [0, 0.05) is 31.7 Å². The molecule has 0 spiro atoms. The maximum Gasteiger partial charge on any atom is 0.0473 e. The highest BCUT2D eigenvalue weighted by Crippen LogP contribution is 2.31. The summed E-state index contributed by atoms with van der Waals surface area (Å²) in [6.07, 6.45) is 0. The van der Waals surface area contributed by atoms with Gasteiger partial charge in [-0.05, 0) is 63.0 Å². The lowest BCUT2D eigenvalue weighted by Crippen LogP contribution is -2.37. The number of nitrogens with zero attached hydrogens (tertiary/aromatic N) is 2. The van der Waals surface area contributed by atoms with Gasteiger partial charge in [-0.3, -0.25) is 4.90 Å². The van der Waals surface area contributed by atoms with Gasteiger partial charge in [0.05, 0.1) is 0 Å². The van der Waals surface area contributed by atoms with Crippen LogP contribution in [-0.4, -0.2) is 49.6 Å². The summed E-state index contributed by atoms with van der Waals surface area (Å²) in [5.74, 6) is 0.695. The fourth-order valence-electron chi connectivity index (χ4n) is 3.73. The topological polar surface area (TPSA) is 32.5 Å². The second-order valence-corrected chi connectivity index (χ2v) is 7.01. The predicted octanol–water partition coefficient (Wildman–Crippen LogP) is 2.49. The molecule has 0 saturated carbocycles. The van der Waals surface area contributed by atoms with Crippen molar-refractivity contribution in [1.82, 2.24) is 9.80 Å². The zero-order chi connectivity index (χ0) is 15.7. The number of likely N-dealkylation sites (tertiary alicyclic amines) is 1. The molecule has 1 aliphatic heterocycles. The second kappa shape index (κ2) is 6.47. The molecule has 2 N–H and O–H groups in total. The Bertz CT molecular complexity index is 495. The standard InChI is InChI=1S/C18H31N3/c1-12-7-14(3)16(8-13(12)2)17(9-19)21-10-15(4)18(11-21)20(5)6/h7-8,15,17-18H,9-11,19H2,1-6H3. The van der Waals surface area contributed by atoms with Crippen LogP contribution in [0.25, 0.3) is 0 Å². The summed E-state index contributed by atoms with van der Waals surface area (Å²) in [4.78, 5) is 4.93. The number of benzene rings is 1. The Morgan fingerprint density at radius 2 is 1.76 bits per heavy atom. The maximum absolute atomic E-state index is 6.15. The quantitative estimate of drug-likeness (QED) is 0.924. The highest BCUT2D eigenvalue weighted by molar-refractivity contribution is 5.38. The normalized spacial score (nSPS) is 24.8. The van der Waals surface area contributed by atoms with E-state index < -0.39 is 0 Å². The Morgan fingerprint density at radius 1 is 1.14 bits per heavy atom. The molecule has 21 heavy (non-hydrogen) atoms. The van der Waals surface area contributed by atoms with Gasteiger partial charge in [0.25, 0.3) is 0 Å². The van der Waals surface area contributed by atoms with E-state index in [0.29, 0.717) is 24.5 Å². The fraction of sp³-hybridized carbons (Fsp3) is 0.667. The molecule has 1 aliphatic rings. The van der Waals surface area contributed by atoms with E-state index in [1.165, 1.54) is 22.3 Å². The minimum absolute atomic E-state index is 0.344. The number of aryl methyl sites for hydroxylation is 3. The molecular formula is C18H31N3. The molecule has 1 fully saturated rings. The van der Waals surface area contributed by atoms with E-state index >= 15 is 0 Å². The highest BCUT2D eigenvalue weighted by atomic mass is 15.3. The molecule has 0 bridgehead atoms. The third kappa shape index (κ3) is 3.31. The van der Waals surface area contributed by atoms with E-state index in [9.17, 15) is 0 Å². The van der Waals surface area contributed by atoms with Crippen molar-refractivity contribution in [3.05, 3.63) is 34.4 Å². The molecule has 3 unspecified atom stereocenters. The van der Waals surface area contributed by atoms with Gasteiger partial charge in [0.15, 0.2) is 0 Å². The predicted molar refractivity (Wildman–Crippen MR) is 90.7 cm³/mol. The van der Waals surface area contributed by atoms with E-state index in [1.54, 1.807) is 0 Å². The van der Waals surface area contributed by atoms with Crippen molar-refractivity contribution in [3.8, 4) is 0 Å². The monoisotopic (exact) mass is 289 g/mol. The van der Waals surface area contributed by atoms with E-state index in [-0.39, 0.29) is 0 Å². The summed E-state index contributed by atoms with van der Waals surface area (Å²) < 4.78 is 0. The Kier molecular flexibility index (Phi) is 5.07. The Balaban J connectivity index is 2.27. The molecule has 0 amide bonds. The summed E-state index contributed by atoms with van der Waals surface area (Å²) in [7, 11) is 4.37. The van der Waals surface area contributed by atoms with Crippen LogP contribution in [0.2, 0.25) is 0 Å². The molecule has 0 radical (unpaired) electrons. The van der Waals surface area contributed by atoms with Crippen LogP contribution in [0.1, 0.15) is 35.2 Å². The highest BCUT2D eigenvalue weighted by Gasteiger charge is 2.35. The summed E-state index contributed by atoms with van der Waals surface area (Å²) in [5, 5.41) is 0. The molecule has 1 heterocycles. The summed E-state index contributed by atoms with van der Waals surface area (Å²) in [6, 6.07) is 5.62. The van der Waals surface area contributed by atoms with Gasteiger partial charge in [-0.1, -0.05) is 19.1 Å². The molecule has 1 aromatic carbocycles. The summed E-state index contributed by atoms with van der Waals surface area (Å²) in [6.45, 7) is 11.9. The van der Waals surface area contributed by atoms with Crippen molar-refractivity contribution in [3.63, 3.8) is 0 Å². The number of rotatable bonds is 4. The van der Waals surface area contributed by atoms with Crippen molar-refractivity contribution < 1.29 is 0 Å². The number of likely N-dealkylation sites (N-methyl/N-ethyl adjacent to an activating group) is 1. The SMILES string of the molecule is Cc1cc(C)c(C(CN)N2CC(C)C(N(C)C)C2)cc1C. The van der Waals surface area contributed by atoms with Crippen molar-refractivity contribution in [2.45, 2.75) is 39.8 Å². The fourth-order valence-corrected chi connectivity index (χ4v) is 3.73. The number of hydrogen-bond acceptors (Lipinski definition) is 3. The average Bonchev–Trinajstić information content (AvgIpc) is 2.78. The van der Waals surface area contributed by atoms with Gasteiger partial charge in [-0.25, -0.2) is 0 Å². The molecule has 0 aliphatic carbocycles. The van der Waals surface area contributed by atoms with Gasteiger partial charge in [-0.15, -0.1) is 0 Å². The Labute approximate surface area is 130 Å². The Hall–Kier alpha value is -0.900. The molecule has 1 saturated heterocycles. The van der Waals surface area contributed by atoms with Gasteiger partial charge in [-0.2, -0.15) is 0 Å². The molecule has 3 atom stereocenters. The first kappa shape index (κ1) is 16.5. The van der Waals surface area contributed by atoms with Crippen molar-refractivity contribution >= 4 is 0 Å². The molecule has 2 rings (SSSR count). The second-order valence-electron chi connectivity index (χ2n) is 7.01. The van der Waals surface area contributed by atoms with Crippen LogP contribution in [0.4, 0.5) is 0 Å². The minimum Gasteiger partial charge on any atom is -0.329 e. The lowest BCUT2D eigenvalue weighted by molar-refractivity contribution is 0.219. The molecular weight excluding hydrogens is 258 g/mol. The molecule has 118 valence electrons. The third-order valence-corrected chi connectivity index (χ3v) is 5.17. The lowest BCUT2D eigenvalue weighted by atomic mass is 9.95. The van der Waals surface area contributed by atoms with Crippen molar-refractivity contribution in [2.75, 3.05) is 33.7 Å². The molecule has 0 aromatic heterocycles. The lowest BCUT2D eigenvalue weighted by Gasteiger charge is -2.29. The largest absolute Gasteiger partial charge is 0.329 e. The number of nitrogens with two attached hydrogens (primary N) is 1.